The zero-order chi connectivity index (χ0) is 16.5. The van der Waals surface area contributed by atoms with Crippen LogP contribution in [-0.2, 0) is 0 Å². The fraction of sp³-hybridized carbons (Fsp3) is 0.529. The summed E-state index contributed by atoms with van der Waals surface area (Å²) in [5, 5.41) is 11.2. The van der Waals surface area contributed by atoms with Crippen molar-refractivity contribution in [2.45, 2.75) is 37.8 Å². The first kappa shape index (κ1) is 15.3. The Labute approximate surface area is 141 Å². The average molecular weight is 326 g/mol. The standard InChI is InChI=1S/C17H22N6O/c1-21-9-3-7-15(21)16-8-4-10-22(16)17(24)13-5-2-6-14(11-13)23-12-18-19-20-23/h2,5-6,11-12,15-16H,3-4,7-10H2,1H3/t15-,16+/m0/s1. The van der Waals surface area contributed by atoms with Gasteiger partial charge in [0.2, 0.25) is 0 Å². The smallest absolute Gasteiger partial charge is 0.254 e. The molecule has 0 radical (unpaired) electrons. The minimum absolute atomic E-state index is 0.118. The Balaban J connectivity index is 1.58. The number of rotatable bonds is 3. The van der Waals surface area contributed by atoms with E-state index in [1.165, 1.54) is 19.2 Å². The monoisotopic (exact) mass is 326 g/mol. The molecule has 126 valence electrons. The van der Waals surface area contributed by atoms with Gasteiger partial charge in [0.1, 0.15) is 6.33 Å². The van der Waals surface area contributed by atoms with Crippen LogP contribution in [0.5, 0.6) is 0 Å². The number of amides is 1. The molecule has 0 N–H and O–H groups in total. The number of hydrogen-bond donors (Lipinski definition) is 0. The van der Waals surface area contributed by atoms with Crippen LogP contribution in [0.1, 0.15) is 36.0 Å². The van der Waals surface area contributed by atoms with Gasteiger partial charge in [0.15, 0.2) is 0 Å². The van der Waals surface area contributed by atoms with Crippen molar-refractivity contribution < 1.29 is 4.79 Å². The normalized spacial score (nSPS) is 24.6. The van der Waals surface area contributed by atoms with Gasteiger partial charge in [-0.25, -0.2) is 4.68 Å². The molecule has 1 amide bonds. The molecule has 2 atom stereocenters. The maximum Gasteiger partial charge on any atom is 0.254 e. The van der Waals surface area contributed by atoms with Crippen molar-refractivity contribution >= 4 is 5.91 Å². The number of aromatic nitrogens is 4. The van der Waals surface area contributed by atoms with E-state index in [-0.39, 0.29) is 5.91 Å². The summed E-state index contributed by atoms with van der Waals surface area (Å²) in [6, 6.07) is 8.37. The third kappa shape index (κ3) is 2.69. The van der Waals surface area contributed by atoms with Gasteiger partial charge in [0.05, 0.1) is 5.69 Å². The van der Waals surface area contributed by atoms with E-state index in [2.05, 4.69) is 32.4 Å². The zero-order valence-electron chi connectivity index (χ0n) is 13.9. The molecular formula is C17H22N6O. The number of hydrogen-bond acceptors (Lipinski definition) is 5. The van der Waals surface area contributed by atoms with E-state index >= 15 is 0 Å². The number of tetrazole rings is 1. The van der Waals surface area contributed by atoms with Crippen molar-refractivity contribution in [2.24, 2.45) is 0 Å². The van der Waals surface area contributed by atoms with Crippen molar-refractivity contribution in [2.75, 3.05) is 20.1 Å². The van der Waals surface area contributed by atoms with Crippen LogP contribution in [0.4, 0.5) is 0 Å². The molecule has 2 aromatic rings. The molecular weight excluding hydrogens is 304 g/mol. The van der Waals surface area contributed by atoms with Crippen LogP contribution in [0.2, 0.25) is 0 Å². The van der Waals surface area contributed by atoms with E-state index in [9.17, 15) is 4.79 Å². The third-order valence-electron chi connectivity index (χ3n) is 5.29. The fourth-order valence-corrected chi connectivity index (χ4v) is 4.09. The van der Waals surface area contributed by atoms with E-state index in [0.29, 0.717) is 17.6 Å². The van der Waals surface area contributed by atoms with Crippen molar-refractivity contribution in [3.63, 3.8) is 0 Å². The molecule has 7 heteroatoms. The van der Waals surface area contributed by atoms with Gasteiger partial charge in [-0.3, -0.25) is 4.79 Å². The molecule has 0 bridgehead atoms. The molecule has 2 fully saturated rings. The minimum Gasteiger partial charge on any atom is -0.334 e. The van der Waals surface area contributed by atoms with Crippen LogP contribution in [0.25, 0.3) is 5.69 Å². The van der Waals surface area contributed by atoms with Crippen molar-refractivity contribution in [1.29, 1.82) is 0 Å². The van der Waals surface area contributed by atoms with Crippen molar-refractivity contribution in [3.8, 4) is 5.69 Å². The molecule has 1 aromatic heterocycles. The van der Waals surface area contributed by atoms with Crippen molar-refractivity contribution in [1.82, 2.24) is 30.0 Å². The highest BCUT2D eigenvalue weighted by atomic mass is 16.2. The lowest BCUT2D eigenvalue weighted by molar-refractivity contribution is 0.0664. The maximum absolute atomic E-state index is 13.1. The SMILES string of the molecule is CN1CCC[C@H]1[C@H]1CCCN1C(=O)c1cccc(-n2cnnn2)c1. The molecule has 0 aliphatic carbocycles. The molecule has 1 aromatic carbocycles. The first-order valence-corrected chi connectivity index (χ1v) is 8.58. The molecule has 2 saturated heterocycles. The summed E-state index contributed by atoms with van der Waals surface area (Å²) in [5.74, 6) is 0.118. The summed E-state index contributed by atoms with van der Waals surface area (Å²) in [5.41, 5.74) is 1.51. The number of carbonyl (C=O) groups excluding carboxylic acids is 1. The fourth-order valence-electron chi connectivity index (χ4n) is 4.09. The van der Waals surface area contributed by atoms with E-state index in [1.807, 2.05) is 24.3 Å². The minimum atomic E-state index is 0.118. The second-order valence-corrected chi connectivity index (χ2v) is 6.70. The summed E-state index contributed by atoms with van der Waals surface area (Å²) >= 11 is 0. The Morgan fingerprint density at radius 1 is 1.17 bits per heavy atom. The highest BCUT2D eigenvalue weighted by molar-refractivity contribution is 5.95. The molecule has 0 saturated carbocycles. The molecule has 2 aliphatic heterocycles. The van der Waals surface area contributed by atoms with Gasteiger partial charge in [-0.05, 0) is 67.9 Å². The van der Waals surface area contributed by atoms with Crippen LogP contribution in [0, 0.1) is 0 Å². The average Bonchev–Trinajstić information content (AvgIpc) is 3.35. The Morgan fingerprint density at radius 3 is 2.75 bits per heavy atom. The number of benzene rings is 1. The second kappa shape index (κ2) is 6.32. The van der Waals surface area contributed by atoms with E-state index < -0.39 is 0 Å². The highest BCUT2D eigenvalue weighted by Crippen LogP contribution is 2.30. The summed E-state index contributed by atoms with van der Waals surface area (Å²) < 4.78 is 1.57. The molecule has 3 heterocycles. The summed E-state index contributed by atoms with van der Waals surface area (Å²) in [6.07, 6.45) is 6.15. The lowest BCUT2D eigenvalue weighted by atomic mass is 10.0. The maximum atomic E-state index is 13.1. The van der Waals surface area contributed by atoms with Gasteiger partial charge in [-0.2, -0.15) is 0 Å². The van der Waals surface area contributed by atoms with Crippen LogP contribution >= 0.6 is 0 Å². The van der Waals surface area contributed by atoms with Gasteiger partial charge in [0, 0.05) is 24.2 Å². The number of likely N-dealkylation sites (N-methyl/N-ethyl adjacent to an activating group) is 1. The molecule has 2 aliphatic rings. The Morgan fingerprint density at radius 2 is 2.00 bits per heavy atom. The van der Waals surface area contributed by atoms with Gasteiger partial charge in [0.25, 0.3) is 5.91 Å². The van der Waals surface area contributed by atoms with Gasteiger partial charge in [-0.1, -0.05) is 6.07 Å². The molecule has 7 nitrogen and oxygen atoms in total. The summed E-state index contributed by atoms with van der Waals surface area (Å²) in [6.45, 7) is 1.99. The van der Waals surface area contributed by atoms with Gasteiger partial charge >= 0.3 is 0 Å². The first-order valence-electron chi connectivity index (χ1n) is 8.58. The Kier molecular flexibility index (Phi) is 4.02. The molecule has 0 unspecified atom stereocenters. The molecule has 4 rings (SSSR count). The molecule has 0 spiro atoms. The lowest BCUT2D eigenvalue weighted by Crippen LogP contribution is -2.47. The van der Waals surface area contributed by atoms with E-state index in [4.69, 9.17) is 0 Å². The number of nitrogens with zero attached hydrogens (tertiary/aromatic N) is 6. The zero-order valence-corrected chi connectivity index (χ0v) is 13.9. The third-order valence-corrected chi connectivity index (χ3v) is 5.29. The number of likely N-dealkylation sites (tertiary alicyclic amines) is 2. The summed E-state index contributed by atoms with van der Waals surface area (Å²) in [4.78, 5) is 17.6. The topological polar surface area (TPSA) is 67.2 Å². The quantitative estimate of drug-likeness (QED) is 0.852. The van der Waals surface area contributed by atoms with Gasteiger partial charge in [-0.15, -0.1) is 5.10 Å². The Bertz CT molecular complexity index is 716. The van der Waals surface area contributed by atoms with E-state index in [1.54, 1.807) is 4.68 Å². The van der Waals surface area contributed by atoms with Crippen molar-refractivity contribution in [3.05, 3.63) is 36.2 Å². The summed E-state index contributed by atoms with van der Waals surface area (Å²) in [7, 11) is 2.18. The Hall–Kier alpha value is -2.28. The lowest BCUT2D eigenvalue weighted by Gasteiger charge is -2.33. The van der Waals surface area contributed by atoms with Gasteiger partial charge < -0.3 is 9.80 Å². The first-order chi connectivity index (χ1) is 11.7. The predicted octanol–water partition coefficient (Wildman–Crippen LogP) is 1.36. The predicted molar refractivity (Wildman–Crippen MR) is 88.9 cm³/mol. The van der Waals surface area contributed by atoms with E-state index in [0.717, 1.165) is 31.6 Å². The van der Waals surface area contributed by atoms with Crippen LogP contribution in [0.15, 0.2) is 30.6 Å². The molecule has 24 heavy (non-hydrogen) atoms. The van der Waals surface area contributed by atoms with Crippen LogP contribution in [-0.4, -0.2) is 68.1 Å². The number of carbonyl (C=O) groups is 1. The highest BCUT2D eigenvalue weighted by Gasteiger charge is 2.38. The second-order valence-electron chi connectivity index (χ2n) is 6.70. The largest absolute Gasteiger partial charge is 0.334 e. The van der Waals surface area contributed by atoms with Crippen LogP contribution in [0.3, 0.4) is 0 Å². The van der Waals surface area contributed by atoms with Crippen LogP contribution < -0.4 is 0 Å².